The summed E-state index contributed by atoms with van der Waals surface area (Å²) < 4.78 is 21.6. The highest BCUT2D eigenvalue weighted by Gasteiger charge is 2.66. The van der Waals surface area contributed by atoms with Gasteiger partial charge >= 0.3 is 17.9 Å². The van der Waals surface area contributed by atoms with Gasteiger partial charge in [-0.2, -0.15) is 0 Å². The van der Waals surface area contributed by atoms with Gasteiger partial charge < -0.3 is 18.6 Å². The molecular formula is C27H27NO8. The Balaban J connectivity index is 1.57. The molecule has 0 radical (unpaired) electrons. The number of carbonyl (C=O) groups excluding carboxylic acids is 4. The van der Waals surface area contributed by atoms with Crippen LogP contribution in [-0.2, 0) is 28.6 Å². The van der Waals surface area contributed by atoms with Gasteiger partial charge in [-0.3, -0.25) is 14.4 Å². The van der Waals surface area contributed by atoms with Crippen molar-refractivity contribution in [2.75, 3.05) is 7.11 Å². The van der Waals surface area contributed by atoms with Crippen LogP contribution in [0.25, 0.3) is 0 Å². The zero-order valence-electron chi connectivity index (χ0n) is 20.3. The Bertz CT molecular complexity index is 1240. The number of fused-ring (bicyclic) bond motifs is 3. The zero-order valence-corrected chi connectivity index (χ0v) is 20.3. The summed E-state index contributed by atoms with van der Waals surface area (Å²) in [5, 5.41) is 0. The third-order valence-corrected chi connectivity index (χ3v) is 8.24. The predicted octanol–water partition coefficient (Wildman–Crippen LogP) is 3.81. The fourth-order valence-electron chi connectivity index (χ4n) is 6.52. The molecule has 9 nitrogen and oxygen atoms in total. The summed E-state index contributed by atoms with van der Waals surface area (Å²) >= 11 is 0. The van der Waals surface area contributed by atoms with Gasteiger partial charge in [0.25, 0.3) is 0 Å². The summed E-state index contributed by atoms with van der Waals surface area (Å²) in [7, 11) is 1.28. The van der Waals surface area contributed by atoms with Crippen molar-refractivity contribution < 1.29 is 37.8 Å². The van der Waals surface area contributed by atoms with Crippen LogP contribution in [0, 0.1) is 28.6 Å². The summed E-state index contributed by atoms with van der Waals surface area (Å²) in [6.07, 6.45) is 6.48. The number of esters is 3. The van der Waals surface area contributed by atoms with Crippen LogP contribution in [0.3, 0.4) is 0 Å². The van der Waals surface area contributed by atoms with Gasteiger partial charge in [0.2, 0.25) is 5.78 Å². The van der Waals surface area contributed by atoms with Gasteiger partial charge in [-0.25, -0.2) is 9.78 Å². The number of pyridine rings is 1. The van der Waals surface area contributed by atoms with E-state index in [4.69, 9.17) is 18.6 Å². The van der Waals surface area contributed by atoms with Gasteiger partial charge in [0, 0.05) is 17.7 Å². The molecule has 0 amide bonds. The summed E-state index contributed by atoms with van der Waals surface area (Å²) in [4.78, 5) is 57.0. The lowest BCUT2D eigenvalue weighted by Gasteiger charge is -2.59. The Morgan fingerprint density at radius 2 is 1.94 bits per heavy atom. The van der Waals surface area contributed by atoms with Crippen LogP contribution < -0.4 is 0 Å². The fraction of sp³-hybridized carbons (Fsp3) is 0.444. The first-order valence-electron chi connectivity index (χ1n) is 11.9. The number of ether oxygens (including phenoxy) is 3. The van der Waals surface area contributed by atoms with Crippen LogP contribution in [0.2, 0.25) is 0 Å². The number of hydrogen-bond acceptors (Lipinski definition) is 9. The summed E-state index contributed by atoms with van der Waals surface area (Å²) in [6, 6.07) is 6.49. The number of cyclic esters (lactones) is 1. The van der Waals surface area contributed by atoms with Crippen LogP contribution >= 0.6 is 0 Å². The SMILES string of the molecule is COC(=O)[C@@H]1C=C(OC(=O)c2ccccn2)C(=O)[C@H]2[C@@]1(C)CC[C@H]1C(=O)O[C@H](c3ccoc3)C[C@]21C. The van der Waals surface area contributed by atoms with E-state index in [-0.39, 0.29) is 17.4 Å². The van der Waals surface area contributed by atoms with Gasteiger partial charge in [-0.1, -0.05) is 19.9 Å². The van der Waals surface area contributed by atoms with Crippen molar-refractivity contribution in [1.82, 2.24) is 4.98 Å². The molecule has 2 aromatic rings. The molecule has 1 aliphatic heterocycles. The molecule has 36 heavy (non-hydrogen) atoms. The Kier molecular flexibility index (Phi) is 5.81. The highest BCUT2D eigenvalue weighted by molar-refractivity contribution is 6.03. The summed E-state index contributed by atoms with van der Waals surface area (Å²) in [6.45, 7) is 3.77. The van der Waals surface area contributed by atoms with Gasteiger partial charge in [-0.15, -0.1) is 0 Å². The lowest BCUT2D eigenvalue weighted by atomic mass is 9.44. The largest absolute Gasteiger partial charge is 0.472 e. The number of carbonyl (C=O) groups is 4. The molecule has 0 unspecified atom stereocenters. The minimum atomic E-state index is -0.870. The number of rotatable bonds is 4. The van der Waals surface area contributed by atoms with Crippen molar-refractivity contribution in [2.24, 2.45) is 28.6 Å². The molecule has 1 saturated heterocycles. The van der Waals surface area contributed by atoms with E-state index in [0.29, 0.717) is 24.8 Å². The number of hydrogen-bond donors (Lipinski definition) is 0. The molecule has 0 aromatic carbocycles. The molecule has 5 rings (SSSR count). The van der Waals surface area contributed by atoms with E-state index in [0.717, 1.165) is 0 Å². The first kappa shape index (κ1) is 24.0. The van der Waals surface area contributed by atoms with Gasteiger partial charge in [0.05, 0.1) is 31.5 Å². The van der Waals surface area contributed by atoms with Crippen LogP contribution in [-0.4, -0.2) is 35.8 Å². The monoisotopic (exact) mass is 493 g/mol. The average Bonchev–Trinajstić information content (AvgIpc) is 3.40. The Morgan fingerprint density at radius 3 is 2.61 bits per heavy atom. The second kappa shape index (κ2) is 8.72. The quantitative estimate of drug-likeness (QED) is 0.462. The molecular weight excluding hydrogens is 466 g/mol. The first-order valence-corrected chi connectivity index (χ1v) is 11.9. The molecule has 0 bridgehead atoms. The van der Waals surface area contributed by atoms with Crippen molar-refractivity contribution in [3.05, 3.63) is 66.1 Å². The summed E-state index contributed by atoms with van der Waals surface area (Å²) in [5.74, 6) is -4.58. The van der Waals surface area contributed by atoms with Crippen molar-refractivity contribution >= 4 is 23.7 Å². The smallest absolute Gasteiger partial charge is 0.362 e. The third-order valence-electron chi connectivity index (χ3n) is 8.24. The molecule has 0 spiro atoms. The number of nitrogens with zero attached hydrogens (tertiary/aromatic N) is 1. The molecule has 2 aliphatic carbocycles. The van der Waals surface area contributed by atoms with E-state index in [1.165, 1.54) is 38.0 Å². The van der Waals surface area contributed by atoms with E-state index in [1.807, 2.05) is 13.8 Å². The second-order valence-corrected chi connectivity index (χ2v) is 10.2. The fourth-order valence-corrected chi connectivity index (χ4v) is 6.52. The number of ketones is 1. The molecule has 3 heterocycles. The lowest BCUT2D eigenvalue weighted by Crippen LogP contribution is -2.61. The van der Waals surface area contributed by atoms with Crippen molar-refractivity contribution in [1.29, 1.82) is 0 Å². The van der Waals surface area contributed by atoms with Crippen LogP contribution in [0.4, 0.5) is 0 Å². The first-order chi connectivity index (χ1) is 17.2. The summed E-state index contributed by atoms with van der Waals surface area (Å²) in [5.41, 5.74) is -0.997. The third kappa shape index (κ3) is 3.65. The minimum absolute atomic E-state index is 0.0307. The van der Waals surface area contributed by atoms with Crippen molar-refractivity contribution in [3.8, 4) is 0 Å². The van der Waals surface area contributed by atoms with Crippen molar-refractivity contribution in [2.45, 2.75) is 39.2 Å². The second-order valence-electron chi connectivity index (χ2n) is 10.2. The number of aromatic nitrogens is 1. The van der Waals surface area contributed by atoms with Crippen LogP contribution in [0.1, 0.15) is 55.3 Å². The zero-order chi connectivity index (χ0) is 25.7. The van der Waals surface area contributed by atoms with Gasteiger partial charge in [0.15, 0.2) is 5.76 Å². The van der Waals surface area contributed by atoms with E-state index in [1.54, 1.807) is 18.2 Å². The molecule has 2 fully saturated rings. The molecule has 3 aliphatic rings. The highest BCUT2D eigenvalue weighted by atomic mass is 16.6. The molecule has 0 N–H and O–H groups in total. The number of allylic oxidation sites excluding steroid dienone is 1. The van der Waals surface area contributed by atoms with Gasteiger partial charge in [-0.05, 0) is 54.4 Å². The van der Waals surface area contributed by atoms with Crippen LogP contribution in [0.5, 0.6) is 0 Å². The minimum Gasteiger partial charge on any atom is -0.472 e. The van der Waals surface area contributed by atoms with Gasteiger partial charge in [0.1, 0.15) is 11.8 Å². The van der Waals surface area contributed by atoms with Crippen molar-refractivity contribution in [3.63, 3.8) is 0 Å². The maximum absolute atomic E-state index is 14.1. The topological polar surface area (TPSA) is 122 Å². The van der Waals surface area contributed by atoms with E-state index in [2.05, 4.69) is 4.98 Å². The van der Waals surface area contributed by atoms with Crippen LogP contribution in [0.15, 0.2) is 59.2 Å². The molecule has 188 valence electrons. The maximum Gasteiger partial charge on any atom is 0.362 e. The number of furan rings is 1. The normalized spacial score (nSPS) is 33.5. The highest BCUT2D eigenvalue weighted by Crippen LogP contribution is 2.64. The lowest BCUT2D eigenvalue weighted by molar-refractivity contribution is -0.197. The van der Waals surface area contributed by atoms with E-state index < -0.39 is 52.4 Å². The number of methoxy groups -OCH3 is 1. The number of Topliss-reactive ketones (excluding diaryl/α,β-unsaturated/α-hetero) is 1. The Labute approximate surface area is 207 Å². The molecule has 2 aromatic heterocycles. The standard InChI is InChI=1S/C27H27NO8/c1-26-9-7-16-24(31)36-20(15-8-11-34-14-15)13-27(16,2)22(26)21(29)19(12-17(26)23(30)33-3)35-25(32)18-6-4-5-10-28-18/h4-6,8,10-12,14,16-17,20,22H,7,9,13H2,1-3H3/t16-,17-,20-,22-,26-,27-/m0/s1. The maximum atomic E-state index is 14.1. The molecule has 1 saturated carbocycles. The molecule has 6 atom stereocenters. The molecule has 9 heteroatoms. The van der Waals surface area contributed by atoms with E-state index >= 15 is 0 Å². The Morgan fingerprint density at radius 1 is 1.14 bits per heavy atom. The average molecular weight is 494 g/mol. The Hall–Kier alpha value is -3.75. The predicted molar refractivity (Wildman–Crippen MR) is 123 cm³/mol. The van der Waals surface area contributed by atoms with E-state index in [9.17, 15) is 19.2 Å².